The molecule has 0 bridgehead atoms. The largest absolute Gasteiger partial charge is 0.361 e. The van der Waals surface area contributed by atoms with Gasteiger partial charge >= 0.3 is 0 Å². The van der Waals surface area contributed by atoms with Gasteiger partial charge in [-0.2, -0.15) is 0 Å². The fraction of sp³-hybridized carbons (Fsp3) is 0.207. The highest BCUT2D eigenvalue weighted by Crippen LogP contribution is 2.19. The zero-order valence-electron chi connectivity index (χ0n) is 20.2. The second-order valence-electron chi connectivity index (χ2n) is 8.71. The summed E-state index contributed by atoms with van der Waals surface area (Å²) in [7, 11) is 0. The van der Waals surface area contributed by atoms with E-state index in [-0.39, 0.29) is 11.8 Å². The number of aromatic nitrogens is 1. The van der Waals surface area contributed by atoms with Crippen molar-refractivity contribution >= 4 is 28.6 Å². The Kier molecular flexibility index (Phi) is 8.13. The number of hydrogen-bond acceptors (Lipinski definition) is 3. The zero-order chi connectivity index (χ0) is 25.3. The third-order valence-electron chi connectivity index (χ3n) is 6.06. The number of aromatic amines is 1. The van der Waals surface area contributed by atoms with Crippen molar-refractivity contribution in [2.45, 2.75) is 31.8 Å². The van der Waals surface area contributed by atoms with Crippen LogP contribution in [0.15, 0.2) is 91.1 Å². The maximum Gasteiger partial charge on any atom is 0.251 e. The molecule has 184 valence electrons. The monoisotopic (exact) mass is 482 g/mol. The lowest BCUT2D eigenvalue weighted by molar-refractivity contribution is -0.129. The van der Waals surface area contributed by atoms with Crippen LogP contribution in [0.5, 0.6) is 0 Å². The fourth-order valence-corrected chi connectivity index (χ4v) is 4.06. The molecule has 2 unspecified atom stereocenters. The van der Waals surface area contributed by atoms with Crippen LogP contribution in [0.1, 0.15) is 28.4 Å². The molecule has 0 radical (unpaired) electrons. The van der Waals surface area contributed by atoms with Gasteiger partial charge in [0.1, 0.15) is 12.1 Å². The zero-order valence-corrected chi connectivity index (χ0v) is 20.2. The normalized spacial score (nSPS) is 12.5. The fourth-order valence-electron chi connectivity index (χ4n) is 4.06. The molecule has 4 aromatic rings. The first-order valence-corrected chi connectivity index (χ1v) is 12.0. The van der Waals surface area contributed by atoms with E-state index >= 15 is 0 Å². The summed E-state index contributed by atoms with van der Waals surface area (Å²) in [6, 6.07) is 24.8. The number of para-hydroxylation sites is 1. The SMILES string of the molecule is CC(NC(=O)c1ccccc1)C(=O)NC(Cc1c[nH]c2ccccc12)C(=O)NCCc1ccccc1. The maximum atomic E-state index is 13.2. The third-order valence-corrected chi connectivity index (χ3v) is 6.06. The molecule has 4 N–H and O–H groups in total. The van der Waals surface area contributed by atoms with E-state index in [1.54, 1.807) is 31.2 Å². The van der Waals surface area contributed by atoms with E-state index in [2.05, 4.69) is 20.9 Å². The van der Waals surface area contributed by atoms with E-state index in [4.69, 9.17) is 0 Å². The number of nitrogens with one attached hydrogen (secondary N) is 4. The van der Waals surface area contributed by atoms with E-state index in [0.717, 1.165) is 22.0 Å². The first-order chi connectivity index (χ1) is 17.5. The van der Waals surface area contributed by atoms with Crippen molar-refractivity contribution < 1.29 is 14.4 Å². The Morgan fingerprint density at radius 2 is 1.47 bits per heavy atom. The number of H-pyrrole nitrogens is 1. The van der Waals surface area contributed by atoms with E-state index < -0.39 is 18.0 Å². The molecule has 7 nitrogen and oxygen atoms in total. The molecule has 1 aromatic heterocycles. The summed E-state index contributed by atoms with van der Waals surface area (Å²) in [5.41, 5.74) is 3.47. The molecule has 0 spiro atoms. The number of carbonyl (C=O) groups excluding carboxylic acids is 3. The number of hydrogen-bond donors (Lipinski definition) is 4. The van der Waals surface area contributed by atoms with E-state index in [1.165, 1.54) is 0 Å². The second-order valence-corrected chi connectivity index (χ2v) is 8.71. The van der Waals surface area contributed by atoms with Crippen molar-refractivity contribution in [2.75, 3.05) is 6.54 Å². The minimum Gasteiger partial charge on any atom is -0.361 e. The lowest BCUT2D eigenvalue weighted by Gasteiger charge is -2.21. The van der Waals surface area contributed by atoms with E-state index in [0.29, 0.717) is 24.9 Å². The Morgan fingerprint density at radius 1 is 0.806 bits per heavy atom. The summed E-state index contributed by atoms with van der Waals surface area (Å²) in [5, 5.41) is 9.50. The van der Waals surface area contributed by atoms with Gasteiger partial charge in [-0.25, -0.2) is 0 Å². The molecule has 0 aliphatic heterocycles. The predicted octanol–water partition coefficient (Wildman–Crippen LogP) is 3.37. The van der Waals surface area contributed by atoms with Gasteiger partial charge in [0.2, 0.25) is 11.8 Å². The summed E-state index contributed by atoms with van der Waals surface area (Å²) < 4.78 is 0. The first-order valence-electron chi connectivity index (χ1n) is 12.0. The van der Waals surface area contributed by atoms with Crippen molar-refractivity contribution in [2.24, 2.45) is 0 Å². The number of rotatable bonds is 10. The molecule has 7 heteroatoms. The molecule has 36 heavy (non-hydrogen) atoms. The molecule has 4 rings (SSSR count). The predicted molar refractivity (Wildman–Crippen MR) is 140 cm³/mol. The van der Waals surface area contributed by atoms with Gasteiger partial charge in [-0.15, -0.1) is 0 Å². The molecule has 0 aliphatic rings. The number of benzene rings is 3. The lowest BCUT2D eigenvalue weighted by Crippen LogP contribution is -2.53. The first kappa shape index (κ1) is 24.7. The third kappa shape index (κ3) is 6.39. The van der Waals surface area contributed by atoms with Gasteiger partial charge in [0, 0.05) is 35.6 Å². The molecule has 3 aromatic carbocycles. The van der Waals surface area contributed by atoms with Gasteiger partial charge in [0.05, 0.1) is 0 Å². The summed E-state index contributed by atoms with van der Waals surface area (Å²) in [4.78, 5) is 41.9. The standard InChI is InChI=1S/C29H30N4O3/c1-20(32-28(35)22-12-6-3-7-13-22)27(34)33-26(18-23-19-31-25-15-9-8-14-24(23)25)29(36)30-17-16-21-10-4-2-5-11-21/h2-15,19-20,26,31H,16-18H2,1H3,(H,30,36)(H,32,35)(H,33,34). The van der Waals surface area contributed by atoms with Gasteiger partial charge in [-0.05, 0) is 42.7 Å². The highest BCUT2D eigenvalue weighted by atomic mass is 16.2. The average Bonchev–Trinajstić information content (AvgIpc) is 3.32. The van der Waals surface area contributed by atoms with Crippen molar-refractivity contribution in [3.8, 4) is 0 Å². The highest BCUT2D eigenvalue weighted by Gasteiger charge is 2.25. The van der Waals surface area contributed by atoms with Crippen molar-refractivity contribution in [1.82, 2.24) is 20.9 Å². The Hall–Kier alpha value is -4.39. The van der Waals surface area contributed by atoms with Crippen molar-refractivity contribution in [3.05, 3.63) is 108 Å². The molecular formula is C29H30N4O3. The molecule has 0 fully saturated rings. The molecule has 0 aliphatic carbocycles. The van der Waals surface area contributed by atoms with Crippen molar-refractivity contribution in [3.63, 3.8) is 0 Å². The van der Waals surface area contributed by atoms with Crippen LogP contribution < -0.4 is 16.0 Å². The summed E-state index contributed by atoms with van der Waals surface area (Å²) in [6.45, 7) is 2.05. The molecule has 1 heterocycles. The second kappa shape index (κ2) is 11.8. The summed E-state index contributed by atoms with van der Waals surface area (Å²) in [6.07, 6.45) is 2.86. The van der Waals surface area contributed by atoms with Crippen LogP contribution in [0.4, 0.5) is 0 Å². The summed E-state index contributed by atoms with van der Waals surface area (Å²) in [5.74, 6) is -1.05. The molecule has 0 saturated carbocycles. The molecule has 3 amide bonds. The van der Waals surface area contributed by atoms with Crippen LogP contribution in [0.25, 0.3) is 10.9 Å². The Morgan fingerprint density at radius 3 is 2.22 bits per heavy atom. The van der Waals surface area contributed by atoms with Crippen LogP contribution in [0.3, 0.4) is 0 Å². The van der Waals surface area contributed by atoms with Crippen LogP contribution in [-0.2, 0) is 22.4 Å². The highest BCUT2D eigenvalue weighted by molar-refractivity contribution is 5.98. The van der Waals surface area contributed by atoms with E-state index in [9.17, 15) is 14.4 Å². The molecular weight excluding hydrogens is 452 g/mol. The minimum absolute atomic E-state index is 0.272. The Bertz CT molecular complexity index is 1320. The number of amides is 3. The summed E-state index contributed by atoms with van der Waals surface area (Å²) >= 11 is 0. The van der Waals surface area contributed by atoms with Crippen LogP contribution in [0, 0.1) is 0 Å². The van der Waals surface area contributed by atoms with Crippen LogP contribution >= 0.6 is 0 Å². The van der Waals surface area contributed by atoms with Crippen LogP contribution in [-0.4, -0.2) is 41.3 Å². The van der Waals surface area contributed by atoms with Gasteiger partial charge in [-0.3, -0.25) is 14.4 Å². The number of carbonyl (C=O) groups is 3. The minimum atomic E-state index is -0.819. The van der Waals surface area contributed by atoms with Crippen molar-refractivity contribution in [1.29, 1.82) is 0 Å². The Labute approximate surface area is 210 Å². The number of fused-ring (bicyclic) bond motifs is 1. The van der Waals surface area contributed by atoms with Gasteiger partial charge in [0.15, 0.2) is 0 Å². The van der Waals surface area contributed by atoms with Gasteiger partial charge < -0.3 is 20.9 Å². The molecule has 0 saturated heterocycles. The lowest BCUT2D eigenvalue weighted by atomic mass is 10.0. The maximum absolute atomic E-state index is 13.2. The quantitative estimate of drug-likeness (QED) is 0.279. The van der Waals surface area contributed by atoms with Gasteiger partial charge in [-0.1, -0.05) is 66.7 Å². The Balaban J connectivity index is 1.44. The smallest absolute Gasteiger partial charge is 0.251 e. The topological polar surface area (TPSA) is 103 Å². The molecule has 2 atom stereocenters. The van der Waals surface area contributed by atoms with Gasteiger partial charge in [0.25, 0.3) is 5.91 Å². The van der Waals surface area contributed by atoms with E-state index in [1.807, 2.05) is 66.9 Å². The average molecular weight is 483 g/mol. The van der Waals surface area contributed by atoms with Crippen LogP contribution in [0.2, 0.25) is 0 Å².